The molecule has 196 valence electrons. The lowest BCUT2D eigenvalue weighted by Gasteiger charge is -2.17. The fraction of sp³-hybridized carbons (Fsp3) is 0.348. The van der Waals surface area contributed by atoms with Crippen molar-refractivity contribution in [2.45, 2.75) is 30.5 Å². The highest BCUT2D eigenvalue weighted by Crippen LogP contribution is 2.31. The van der Waals surface area contributed by atoms with Gasteiger partial charge in [0.05, 0.1) is 16.9 Å². The van der Waals surface area contributed by atoms with Gasteiger partial charge in [-0.15, -0.1) is 0 Å². The van der Waals surface area contributed by atoms with Gasteiger partial charge in [0, 0.05) is 31.6 Å². The van der Waals surface area contributed by atoms with Crippen molar-refractivity contribution in [2.75, 3.05) is 19.6 Å². The molecule has 0 aliphatic carbocycles. The van der Waals surface area contributed by atoms with Crippen LogP contribution in [0.2, 0.25) is 0 Å². The van der Waals surface area contributed by atoms with E-state index in [-0.39, 0.29) is 49.0 Å². The molecule has 1 saturated heterocycles. The summed E-state index contributed by atoms with van der Waals surface area (Å²) in [4.78, 5) is 12.3. The summed E-state index contributed by atoms with van der Waals surface area (Å²) in [6.07, 6.45) is -4.17. The lowest BCUT2D eigenvalue weighted by molar-refractivity contribution is -0.138. The lowest BCUT2D eigenvalue weighted by atomic mass is 10.1. The maximum Gasteiger partial charge on any atom is 0.416 e. The zero-order valence-electron chi connectivity index (χ0n) is 19.2. The predicted molar refractivity (Wildman–Crippen MR) is 127 cm³/mol. The van der Waals surface area contributed by atoms with Crippen LogP contribution in [0.3, 0.4) is 0 Å². The van der Waals surface area contributed by atoms with Gasteiger partial charge < -0.3 is 5.32 Å². The van der Waals surface area contributed by atoms with Gasteiger partial charge >= 0.3 is 6.18 Å². The third-order valence-electron chi connectivity index (χ3n) is 5.77. The number of sulfonamides is 2. The van der Waals surface area contributed by atoms with Gasteiger partial charge in [-0.05, 0) is 41.7 Å². The topological polar surface area (TPSA) is 113 Å². The van der Waals surface area contributed by atoms with Gasteiger partial charge in [0.15, 0.2) is 0 Å². The molecule has 1 atom stereocenters. The minimum atomic E-state index is -4.53. The standard InChI is InChI=1S/C23H26F3N3O5S2/c1-2-35(31,32)28-14-18-11-12-29(16-18)36(33,34)20-9-7-17(8-10-20)13-22(30)27-15-19-5-3-4-6-21(19)23(24,25)26/h2-10,18,28H,1,11-16H2,(H,27,30). The van der Waals surface area contributed by atoms with E-state index in [0.29, 0.717) is 12.0 Å². The molecule has 1 amide bonds. The maximum absolute atomic E-state index is 13.1. The van der Waals surface area contributed by atoms with E-state index >= 15 is 0 Å². The number of benzene rings is 2. The molecule has 0 bridgehead atoms. The lowest BCUT2D eigenvalue weighted by Crippen LogP contribution is -2.32. The Morgan fingerprint density at radius 2 is 1.75 bits per heavy atom. The largest absolute Gasteiger partial charge is 0.416 e. The van der Waals surface area contributed by atoms with Crippen LogP contribution in [0, 0.1) is 5.92 Å². The summed E-state index contributed by atoms with van der Waals surface area (Å²) in [6, 6.07) is 10.6. The molecule has 0 spiro atoms. The minimum absolute atomic E-state index is 0.0260. The van der Waals surface area contributed by atoms with E-state index in [4.69, 9.17) is 0 Å². The third-order valence-corrected chi connectivity index (χ3v) is 8.65. The number of carbonyl (C=O) groups is 1. The van der Waals surface area contributed by atoms with E-state index < -0.39 is 37.7 Å². The van der Waals surface area contributed by atoms with E-state index in [9.17, 15) is 34.8 Å². The molecular formula is C23H26F3N3O5S2. The molecule has 3 rings (SSSR count). The number of hydrogen-bond donors (Lipinski definition) is 2. The molecule has 8 nitrogen and oxygen atoms in total. The van der Waals surface area contributed by atoms with Crippen molar-refractivity contribution in [3.63, 3.8) is 0 Å². The molecule has 0 aromatic heterocycles. The Labute approximate surface area is 208 Å². The Morgan fingerprint density at radius 3 is 2.39 bits per heavy atom. The van der Waals surface area contributed by atoms with Gasteiger partial charge in [-0.25, -0.2) is 21.6 Å². The first-order valence-corrected chi connectivity index (χ1v) is 13.9. The molecule has 1 aliphatic rings. The number of alkyl halides is 3. The molecule has 36 heavy (non-hydrogen) atoms. The summed E-state index contributed by atoms with van der Waals surface area (Å²) in [5.41, 5.74) is -0.378. The van der Waals surface area contributed by atoms with E-state index in [0.717, 1.165) is 11.5 Å². The summed E-state index contributed by atoms with van der Waals surface area (Å²) in [7, 11) is -7.40. The quantitative estimate of drug-likeness (QED) is 0.477. The highest BCUT2D eigenvalue weighted by Gasteiger charge is 2.34. The van der Waals surface area contributed by atoms with Crippen molar-refractivity contribution < 1.29 is 34.8 Å². The van der Waals surface area contributed by atoms with E-state index in [2.05, 4.69) is 16.6 Å². The van der Waals surface area contributed by atoms with Crippen molar-refractivity contribution in [1.82, 2.24) is 14.3 Å². The van der Waals surface area contributed by atoms with Crippen molar-refractivity contribution in [3.05, 3.63) is 77.2 Å². The zero-order valence-corrected chi connectivity index (χ0v) is 20.8. The average molecular weight is 546 g/mol. The Morgan fingerprint density at radius 1 is 1.08 bits per heavy atom. The van der Waals surface area contributed by atoms with Crippen molar-refractivity contribution in [1.29, 1.82) is 0 Å². The average Bonchev–Trinajstić information content (AvgIpc) is 3.32. The number of halogens is 3. The summed E-state index contributed by atoms with van der Waals surface area (Å²) in [5.74, 6) is -0.688. The maximum atomic E-state index is 13.1. The van der Waals surface area contributed by atoms with E-state index in [1.54, 1.807) is 0 Å². The Kier molecular flexibility index (Phi) is 8.59. The fourth-order valence-corrected chi connectivity index (χ4v) is 5.91. The highest BCUT2D eigenvalue weighted by molar-refractivity contribution is 7.92. The molecule has 1 aliphatic heterocycles. The van der Waals surface area contributed by atoms with Gasteiger partial charge in [-0.2, -0.15) is 17.5 Å². The first-order chi connectivity index (χ1) is 16.8. The molecule has 0 saturated carbocycles. The smallest absolute Gasteiger partial charge is 0.352 e. The number of rotatable bonds is 10. The number of carbonyl (C=O) groups excluding carboxylic acids is 1. The second-order valence-corrected chi connectivity index (χ2v) is 12.0. The van der Waals surface area contributed by atoms with Crippen LogP contribution in [0.15, 0.2) is 65.4 Å². The van der Waals surface area contributed by atoms with E-state index in [1.807, 2.05) is 0 Å². The first-order valence-electron chi connectivity index (χ1n) is 10.9. The number of nitrogens with one attached hydrogen (secondary N) is 2. The molecule has 2 aromatic carbocycles. The normalized spacial score (nSPS) is 17.1. The summed E-state index contributed by atoms with van der Waals surface area (Å²) < 4.78 is 91.8. The molecule has 2 aromatic rings. The monoisotopic (exact) mass is 545 g/mol. The van der Waals surface area contributed by atoms with Gasteiger partial charge in [0.25, 0.3) is 0 Å². The summed E-state index contributed by atoms with van der Waals surface area (Å²) in [6.45, 7) is 3.42. The first kappa shape index (κ1) is 27.8. The fourth-order valence-electron chi connectivity index (χ4n) is 3.80. The van der Waals surface area contributed by atoms with Crippen LogP contribution in [0.1, 0.15) is 23.1 Å². The summed E-state index contributed by atoms with van der Waals surface area (Å²) >= 11 is 0. The second-order valence-electron chi connectivity index (χ2n) is 8.33. The van der Waals surface area contributed by atoms with Crippen molar-refractivity contribution >= 4 is 26.0 Å². The van der Waals surface area contributed by atoms with E-state index in [1.165, 1.54) is 46.8 Å². The van der Waals surface area contributed by atoms with Crippen LogP contribution in [0.5, 0.6) is 0 Å². The van der Waals surface area contributed by atoms with Gasteiger partial charge in [0.2, 0.25) is 26.0 Å². The SMILES string of the molecule is C=CS(=O)(=O)NCC1CCN(S(=O)(=O)c2ccc(CC(=O)NCc3ccccc3C(F)(F)F)cc2)C1. The van der Waals surface area contributed by atoms with Crippen LogP contribution in [-0.2, 0) is 44.0 Å². The zero-order chi connectivity index (χ0) is 26.6. The van der Waals surface area contributed by atoms with Crippen molar-refractivity contribution in [2.24, 2.45) is 5.92 Å². The van der Waals surface area contributed by atoms with Crippen LogP contribution in [0.25, 0.3) is 0 Å². The summed E-state index contributed by atoms with van der Waals surface area (Å²) in [5, 5.41) is 3.25. The molecule has 1 fully saturated rings. The van der Waals surface area contributed by atoms with Gasteiger partial charge in [0.1, 0.15) is 0 Å². The predicted octanol–water partition coefficient (Wildman–Crippen LogP) is 2.64. The Hall–Kier alpha value is -2.74. The second kappa shape index (κ2) is 11.1. The highest BCUT2D eigenvalue weighted by atomic mass is 32.2. The van der Waals surface area contributed by atoms with Gasteiger partial charge in [-0.3, -0.25) is 4.79 Å². The van der Waals surface area contributed by atoms with Crippen LogP contribution in [-0.4, -0.2) is 46.7 Å². The number of hydrogen-bond acceptors (Lipinski definition) is 5. The third kappa shape index (κ3) is 7.15. The molecule has 1 unspecified atom stereocenters. The van der Waals surface area contributed by atoms with Crippen LogP contribution in [0.4, 0.5) is 13.2 Å². The van der Waals surface area contributed by atoms with Crippen molar-refractivity contribution in [3.8, 4) is 0 Å². The Balaban J connectivity index is 1.56. The number of amides is 1. The van der Waals surface area contributed by atoms with Crippen LogP contribution < -0.4 is 10.0 Å². The molecule has 1 heterocycles. The minimum Gasteiger partial charge on any atom is -0.352 e. The van der Waals surface area contributed by atoms with Crippen LogP contribution >= 0.6 is 0 Å². The molecule has 0 radical (unpaired) electrons. The molecular weight excluding hydrogens is 519 g/mol. The van der Waals surface area contributed by atoms with Gasteiger partial charge in [-0.1, -0.05) is 36.9 Å². The number of nitrogens with zero attached hydrogens (tertiary/aromatic N) is 1. The Bertz CT molecular complexity index is 1310. The molecule has 13 heteroatoms. The molecule has 2 N–H and O–H groups in total.